The highest BCUT2D eigenvalue weighted by Gasteiger charge is 2.48. The minimum absolute atomic E-state index is 0.0148. The number of carbonyl (C=O) groups excluding carboxylic acids is 2. The molecule has 2 heterocycles. The van der Waals surface area contributed by atoms with Gasteiger partial charge in [-0.1, -0.05) is 6.07 Å². The quantitative estimate of drug-likeness (QED) is 0.760. The fourth-order valence-corrected chi connectivity index (χ4v) is 4.13. The minimum atomic E-state index is -0.705. The maximum atomic E-state index is 13.9. The maximum Gasteiger partial charge on any atom is 0.251 e. The van der Waals surface area contributed by atoms with Crippen LogP contribution in [0.1, 0.15) is 41.1 Å². The van der Waals surface area contributed by atoms with Crippen LogP contribution in [0.15, 0.2) is 36.5 Å². The van der Waals surface area contributed by atoms with E-state index in [1.54, 1.807) is 4.90 Å². The predicted molar refractivity (Wildman–Crippen MR) is 103 cm³/mol. The molecule has 5 nitrogen and oxygen atoms in total. The topological polar surface area (TPSA) is 62.3 Å². The minimum Gasteiger partial charge on any atom is -0.352 e. The van der Waals surface area contributed by atoms with E-state index in [0.717, 1.165) is 18.9 Å². The summed E-state index contributed by atoms with van der Waals surface area (Å²) in [6.07, 6.45) is 3.16. The summed E-state index contributed by atoms with van der Waals surface area (Å²) in [4.78, 5) is 30.0. The molecule has 158 valence electrons. The van der Waals surface area contributed by atoms with Gasteiger partial charge in [-0.3, -0.25) is 9.59 Å². The Morgan fingerprint density at radius 1 is 1.10 bits per heavy atom. The van der Waals surface area contributed by atoms with Gasteiger partial charge in [0.2, 0.25) is 11.9 Å². The highest BCUT2D eigenvalue weighted by molar-refractivity contribution is 5.94. The molecule has 2 unspecified atom stereocenters. The number of carbonyl (C=O) groups is 2. The fraction of sp³-hybridized carbons (Fsp3) is 0.409. The van der Waals surface area contributed by atoms with E-state index >= 15 is 0 Å². The maximum absolute atomic E-state index is 13.9. The number of nitrogens with one attached hydrogen (secondary N) is 1. The van der Waals surface area contributed by atoms with Gasteiger partial charge in [-0.05, 0) is 43.4 Å². The van der Waals surface area contributed by atoms with E-state index in [1.165, 1.54) is 30.5 Å². The first-order valence-corrected chi connectivity index (χ1v) is 10.1. The smallest absolute Gasteiger partial charge is 0.251 e. The molecule has 0 bridgehead atoms. The number of rotatable bonds is 5. The molecule has 30 heavy (non-hydrogen) atoms. The molecular formula is C22H22F3N3O2. The van der Waals surface area contributed by atoms with Crippen LogP contribution in [0.25, 0.3) is 0 Å². The normalized spacial score (nSPS) is 21.4. The number of pyridine rings is 1. The third kappa shape index (κ3) is 4.32. The molecule has 2 atom stereocenters. The molecule has 1 aromatic carbocycles. The highest BCUT2D eigenvalue weighted by Crippen LogP contribution is 2.50. The van der Waals surface area contributed by atoms with E-state index in [4.69, 9.17) is 0 Å². The van der Waals surface area contributed by atoms with Gasteiger partial charge < -0.3 is 10.2 Å². The first-order chi connectivity index (χ1) is 14.4. The molecule has 8 heteroatoms. The molecule has 0 radical (unpaired) electrons. The molecule has 1 saturated heterocycles. The zero-order valence-electron chi connectivity index (χ0n) is 16.3. The van der Waals surface area contributed by atoms with Crippen LogP contribution in [-0.2, 0) is 4.79 Å². The Bertz CT molecular complexity index is 940. The van der Waals surface area contributed by atoms with Crippen molar-refractivity contribution in [2.75, 3.05) is 19.6 Å². The number of likely N-dealkylation sites (tertiary alicyclic amines) is 1. The summed E-state index contributed by atoms with van der Waals surface area (Å²) in [7, 11) is 0. The summed E-state index contributed by atoms with van der Waals surface area (Å²) >= 11 is 0. The molecule has 1 N–H and O–H groups in total. The van der Waals surface area contributed by atoms with E-state index in [-0.39, 0.29) is 34.8 Å². The van der Waals surface area contributed by atoms with Crippen LogP contribution < -0.4 is 5.32 Å². The second kappa shape index (κ2) is 8.45. The number of hydrogen-bond donors (Lipinski definition) is 1. The Morgan fingerprint density at radius 2 is 1.80 bits per heavy atom. The van der Waals surface area contributed by atoms with Crippen molar-refractivity contribution in [1.82, 2.24) is 15.2 Å². The standard InChI is InChI=1S/C22H22F3N3O2/c23-17-2-1-3-18(24)20(17)15-11-16(15)22(30)28-8-5-13(6-9-28)12-27-21(29)14-4-7-26-19(25)10-14/h1-4,7,10,13,15-16H,5-6,8-9,11-12H2,(H,27,29). The van der Waals surface area contributed by atoms with Crippen molar-refractivity contribution in [3.8, 4) is 0 Å². The number of halogens is 3. The van der Waals surface area contributed by atoms with E-state index in [0.29, 0.717) is 26.1 Å². The zero-order valence-corrected chi connectivity index (χ0v) is 16.3. The van der Waals surface area contributed by atoms with Gasteiger partial charge in [0.15, 0.2) is 0 Å². The van der Waals surface area contributed by atoms with Gasteiger partial charge in [-0.25, -0.2) is 13.8 Å². The molecule has 2 fully saturated rings. The third-order valence-corrected chi connectivity index (χ3v) is 5.94. The Kier molecular flexibility index (Phi) is 5.74. The van der Waals surface area contributed by atoms with Crippen LogP contribution in [0.5, 0.6) is 0 Å². The molecule has 1 aromatic heterocycles. The van der Waals surface area contributed by atoms with Gasteiger partial charge in [0.25, 0.3) is 5.91 Å². The Hall–Kier alpha value is -2.90. The molecule has 1 saturated carbocycles. The first kappa shape index (κ1) is 20.4. The summed E-state index contributed by atoms with van der Waals surface area (Å²) in [5, 5.41) is 2.80. The fourth-order valence-electron chi connectivity index (χ4n) is 4.13. The Morgan fingerprint density at radius 3 is 2.47 bits per heavy atom. The average Bonchev–Trinajstić information content (AvgIpc) is 3.52. The lowest BCUT2D eigenvalue weighted by Gasteiger charge is -2.32. The Labute approximate surface area is 172 Å². The van der Waals surface area contributed by atoms with Crippen LogP contribution in [0.3, 0.4) is 0 Å². The highest BCUT2D eigenvalue weighted by atomic mass is 19.1. The average molecular weight is 417 g/mol. The van der Waals surface area contributed by atoms with Crippen molar-refractivity contribution >= 4 is 11.8 Å². The second-order valence-electron chi connectivity index (χ2n) is 7.93. The molecular weight excluding hydrogens is 395 g/mol. The zero-order chi connectivity index (χ0) is 21.3. The largest absolute Gasteiger partial charge is 0.352 e. The van der Waals surface area contributed by atoms with Crippen LogP contribution in [0, 0.1) is 29.4 Å². The van der Waals surface area contributed by atoms with Crippen molar-refractivity contribution in [3.63, 3.8) is 0 Å². The summed E-state index contributed by atoms with van der Waals surface area (Å²) in [5.74, 6) is -2.87. The second-order valence-corrected chi connectivity index (χ2v) is 7.93. The molecule has 4 rings (SSSR count). The number of piperidine rings is 1. The lowest BCUT2D eigenvalue weighted by Crippen LogP contribution is -2.42. The molecule has 0 spiro atoms. The Balaban J connectivity index is 1.25. The summed E-state index contributed by atoms with van der Waals surface area (Å²) in [6.45, 7) is 1.54. The van der Waals surface area contributed by atoms with Crippen LogP contribution in [-0.4, -0.2) is 41.3 Å². The van der Waals surface area contributed by atoms with Gasteiger partial charge in [0.05, 0.1) is 0 Å². The van der Waals surface area contributed by atoms with E-state index in [1.807, 2.05) is 0 Å². The van der Waals surface area contributed by atoms with E-state index in [2.05, 4.69) is 10.3 Å². The van der Waals surface area contributed by atoms with Gasteiger partial charge in [0, 0.05) is 54.9 Å². The van der Waals surface area contributed by atoms with Crippen LogP contribution >= 0.6 is 0 Å². The lowest BCUT2D eigenvalue weighted by molar-refractivity contribution is -0.134. The SMILES string of the molecule is O=C(NCC1CCN(C(=O)C2CC2c2c(F)cccc2F)CC1)c1ccnc(F)c1. The van der Waals surface area contributed by atoms with E-state index in [9.17, 15) is 22.8 Å². The number of amides is 2. The van der Waals surface area contributed by atoms with Gasteiger partial charge in [0.1, 0.15) is 11.6 Å². The van der Waals surface area contributed by atoms with Crippen LogP contribution in [0.2, 0.25) is 0 Å². The monoisotopic (exact) mass is 417 g/mol. The number of nitrogens with zero attached hydrogens (tertiary/aromatic N) is 2. The van der Waals surface area contributed by atoms with Crippen molar-refractivity contribution in [1.29, 1.82) is 0 Å². The van der Waals surface area contributed by atoms with Crippen LogP contribution in [0.4, 0.5) is 13.2 Å². The van der Waals surface area contributed by atoms with Gasteiger partial charge in [-0.15, -0.1) is 0 Å². The number of hydrogen-bond acceptors (Lipinski definition) is 3. The molecule has 1 aliphatic carbocycles. The van der Waals surface area contributed by atoms with Gasteiger partial charge >= 0.3 is 0 Å². The lowest BCUT2D eigenvalue weighted by atomic mass is 9.96. The van der Waals surface area contributed by atoms with Crippen molar-refractivity contribution in [2.24, 2.45) is 11.8 Å². The molecule has 2 aromatic rings. The van der Waals surface area contributed by atoms with Crippen molar-refractivity contribution < 1.29 is 22.8 Å². The molecule has 2 amide bonds. The first-order valence-electron chi connectivity index (χ1n) is 10.1. The summed E-state index contributed by atoms with van der Waals surface area (Å²) in [6, 6.07) is 6.30. The van der Waals surface area contributed by atoms with Crippen molar-refractivity contribution in [2.45, 2.75) is 25.2 Å². The number of benzene rings is 1. The molecule has 1 aliphatic heterocycles. The third-order valence-electron chi connectivity index (χ3n) is 5.94. The predicted octanol–water partition coefficient (Wildman–Crippen LogP) is 3.27. The molecule has 2 aliphatic rings. The van der Waals surface area contributed by atoms with Crippen molar-refractivity contribution in [3.05, 3.63) is 65.2 Å². The van der Waals surface area contributed by atoms with Gasteiger partial charge in [-0.2, -0.15) is 4.39 Å². The summed E-state index contributed by atoms with van der Waals surface area (Å²) in [5.41, 5.74) is 0.233. The summed E-state index contributed by atoms with van der Waals surface area (Å²) < 4.78 is 41.0. The number of aromatic nitrogens is 1. The van der Waals surface area contributed by atoms with E-state index < -0.39 is 23.5 Å².